The maximum Gasteiger partial charge on any atom is 0.203 e. The second-order valence-corrected chi connectivity index (χ2v) is 7.93. The molecule has 2 aromatic rings. The Labute approximate surface area is 192 Å². The number of Topliss-reactive ketones (excluding diaryl/α,β-unsaturated/α-hetero) is 1. The molecule has 2 aromatic carbocycles. The first-order valence-corrected chi connectivity index (χ1v) is 10.3. The van der Waals surface area contributed by atoms with E-state index in [0.717, 1.165) is 12.1 Å². The van der Waals surface area contributed by atoms with Crippen LogP contribution in [0.5, 0.6) is 28.7 Å². The molecule has 7 N–H and O–H groups in total. The van der Waals surface area contributed by atoms with Gasteiger partial charge in [-0.15, -0.1) is 0 Å². The zero-order chi connectivity index (χ0) is 24.7. The van der Waals surface area contributed by atoms with Gasteiger partial charge >= 0.3 is 0 Å². The molecule has 7 atom stereocenters. The second-order valence-electron chi connectivity index (χ2n) is 7.93. The highest BCUT2D eigenvalue weighted by Gasteiger charge is 2.49. The Balaban J connectivity index is 1.76. The number of ether oxygens (including phenoxy) is 4. The molecule has 12 heteroatoms. The molecule has 1 saturated heterocycles. The molecule has 0 bridgehead atoms. The monoisotopic (exact) mass is 480 g/mol. The quantitative estimate of drug-likeness (QED) is 0.285. The van der Waals surface area contributed by atoms with Gasteiger partial charge in [-0.05, 0) is 17.7 Å². The van der Waals surface area contributed by atoms with Crippen LogP contribution in [0.25, 0.3) is 0 Å². The Hall–Kier alpha value is -3.13. The lowest BCUT2D eigenvalue weighted by molar-refractivity contribution is -0.311. The van der Waals surface area contributed by atoms with Gasteiger partial charge in [-0.1, -0.05) is 6.07 Å². The lowest BCUT2D eigenvalue weighted by atomic mass is 9.92. The van der Waals surface area contributed by atoms with Crippen molar-refractivity contribution in [3.63, 3.8) is 0 Å². The zero-order valence-electron chi connectivity index (χ0n) is 17.8. The van der Waals surface area contributed by atoms with Crippen LogP contribution in [0.4, 0.5) is 0 Å². The van der Waals surface area contributed by atoms with Crippen LogP contribution in [0.2, 0.25) is 0 Å². The summed E-state index contributed by atoms with van der Waals surface area (Å²) in [6.07, 6.45) is -11.0. The van der Waals surface area contributed by atoms with Crippen LogP contribution in [-0.4, -0.2) is 92.1 Å². The molecule has 2 aliphatic rings. The van der Waals surface area contributed by atoms with Gasteiger partial charge in [0.2, 0.25) is 5.78 Å². The summed E-state index contributed by atoms with van der Waals surface area (Å²) < 4.78 is 22.1. The van der Waals surface area contributed by atoms with Gasteiger partial charge < -0.3 is 54.7 Å². The molecule has 1 fully saturated rings. The number of phenols is 3. The molecule has 0 saturated carbocycles. The van der Waals surface area contributed by atoms with E-state index in [1.807, 2.05) is 0 Å². The normalized spacial score (nSPS) is 31.0. The number of aliphatic hydroxyl groups excluding tert-OH is 4. The lowest BCUT2D eigenvalue weighted by Gasteiger charge is -2.42. The third-order valence-electron chi connectivity index (χ3n) is 5.76. The van der Waals surface area contributed by atoms with E-state index in [0.29, 0.717) is 0 Å². The molecule has 4 rings (SSSR count). The molecular weight excluding hydrogens is 456 g/mol. The Kier molecular flexibility index (Phi) is 6.53. The Bertz CT molecular complexity index is 1070. The summed E-state index contributed by atoms with van der Waals surface area (Å²) in [5.41, 5.74) is -0.0135. The second kappa shape index (κ2) is 9.25. The number of hydrogen-bond acceptors (Lipinski definition) is 12. The van der Waals surface area contributed by atoms with Gasteiger partial charge in [-0.3, -0.25) is 4.79 Å². The third kappa shape index (κ3) is 4.11. The Morgan fingerprint density at radius 2 is 1.71 bits per heavy atom. The molecule has 12 nitrogen and oxygen atoms in total. The summed E-state index contributed by atoms with van der Waals surface area (Å²) in [6.45, 7) is -0.707. The maximum atomic E-state index is 13.4. The Morgan fingerprint density at radius 1 is 0.971 bits per heavy atom. The van der Waals surface area contributed by atoms with Gasteiger partial charge in [0.05, 0.1) is 13.7 Å². The van der Waals surface area contributed by atoms with E-state index >= 15 is 0 Å². The van der Waals surface area contributed by atoms with E-state index in [-0.39, 0.29) is 34.1 Å². The molecule has 184 valence electrons. The first-order valence-electron chi connectivity index (χ1n) is 10.3. The van der Waals surface area contributed by atoms with Crippen molar-refractivity contribution in [1.82, 2.24) is 0 Å². The van der Waals surface area contributed by atoms with Gasteiger partial charge in [-0.25, -0.2) is 0 Å². The fraction of sp³-hybridized carbons (Fsp3) is 0.409. The van der Waals surface area contributed by atoms with Crippen LogP contribution in [0.1, 0.15) is 22.0 Å². The highest BCUT2D eigenvalue weighted by Crippen LogP contribution is 2.44. The van der Waals surface area contributed by atoms with E-state index in [9.17, 15) is 40.5 Å². The van der Waals surface area contributed by atoms with Crippen molar-refractivity contribution < 1.29 is 59.5 Å². The van der Waals surface area contributed by atoms with Crippen LogP contribution >= 0.6 is 0 Å². The SMILES string of the molecule is COc1cc([C@@H]2Oc3cc(O)cc(O)c3C(=O)[C@H]2O[C@H]2O[C@H](CO)[C@H](O)[C@H](O)[C@H]2O)ccc1O. The number of aromatic hydroxyl groups is 3. The summed E-state index contributed by atoms with van der Waals surface area (Å²) >= 11 is 0. The van der Waals surface area contributed by atoms with E-state index in [4.69, 9.17) is 18.9 Å². The van der Waals surface area contributed by atoms with E-state index in [1.54, 1.807) is 0 Å². The average Bonchev–Trinajstić information content (AvgIpc) is 2.80. The van der Waals surface area contributed by atoms with E-state index in [1.165, 1.54) is 25.3 Å². The van der Waals surface area contributed by atoms with Crippen molar-refractivity contribution in [2.75, 3.05) is 13.7 Å². The lowest BCUT2D eigenvalue weighted by Crippen LogP contribution is -2.60. The van der Waals surface area contributed by atoms with Crippen LogP contribution in [0.3, 0.4) is 0 Å². The van der Waals surface area contributed by atoms with Crippen molar-refractivity contribution >= 4 is 5.78 Å². The molecule has 0 amide bonds. The number of carbonyl (C=O) groups excluding carboxylic acids is 1. The van der Waals surface area contributed by atoms with Crippen LogP contribution < -0.4 is 9.47 Å². The maximum absolute atomic E-state index is 13.4. The molecule has 0 unspecified atom stereocenters. The molecular formula is C22H24O12. The standard InChI is InChI=1S/C22H24O12/c1-31-12-4-8(2-3-10(12)25)20-21(17(28)15-11(26)5-9(24)6-13(15)32-20)34-22-19(30)18(29)16(27)14(7-23)33-22/h2-6,14,16,18-27,29-30H,7H2,1H3/t14-,16+,18+,19-,20+,21-,22-/m1/s1. The number of benzene rings is 2. The van der Waals surface area contributed by atoms with E-state index in [2.05, 4.69) is 0 Å². The number of aliphatic hydroxyl groups is 4. The first-order chi connectivity index (χ1) is 16.2. The minimum atomic E-state index is -1.80. The molecule has 0 aromatic heterocycles. The van der Waals surface area contributed by atoms with E-state index < -0.39 is 61.1 Å². The van der Waals surface area contributed by atoms with Gasteiger partial charge in [0.1, 0.15) is 47.2 Å². The Morgan fingerprint density at radius 3 is 2.38 bits per heavy atom. The molecule has 2 heterocycles. The summed E-state index contributed by atoms with van der Waals surface area (Å²) in [5.74, 6) is -2.01. The van der Waals surface area contributed by atoms with Crippen LogP contribution in [-0.2, 0) is 9.47 Å². The fourth-order valence-electron chi connectivity index (χ4n) is 3.98. The van der Waals surface area contributed by atoms with Crippen molar-refractivity contribution in [3.8, 4) is 28.7 Å². The summed E-state index contributed by atoms with van der Waals surface area (Å²) in [7, 11) is 1.32. The third-order valence-corrected chi connectivity index (χ3v) is 5.76. The molecule has 34 heavy (non-hydrogen) atoms. The first kappa shape index (κ1) is 24.0. The van der Waals surface area contributed by atoms with Crippen molar-refractivity contribution in [2.45, 2.75) is 42.9 Å². The van der Waals surface area contributed by atoms with Crippen LogP contribution in [0.15, 0.2) is 30.3 Å². The van der Waals surface area contributed by atoms with Gasteiger partial charge in [0.25, 0.3) is 0 Å². The van der Waals surface area contributed by atoms with Gasteiger partial charge in [-0.2, -0.15) is 0 Å². The minimum absolute atomic E-state index is 0.0599. The minimum Gasteiger partial charge on any atom is -0.508 e. The number of hydrogen-bond donors (Lipinski definition) is 7. The number of ketones is 1. The van der Waals surface area contributed by atoms with Crippen LogP contribution in [0, 0.1) is 0 Å². The summed E-state index contributed by atoms with van der Waals surface area (Å²) in [6, 6.07) is 6.16. The molecule has 0 spiro atoms. The number of phenolic OH excluding ortho intramolecular Hbond substituents is 3. The number of rotatable bonds is 5. The summed E-state index contributed by atoms with van der Waals surface area (Å²) in [5, 5.41) is 69.9. The van der Waals surface area contributed by atoms with Gasteiger partial charge in [0.15, 0.2) is 30.0 Å². The predicted molar refractivity (Wildman–Crippen MR) is 111 cm³/mol. The summed E-state index contributed by atoms with van der Waals surface area (Å²) in [4.78, 5) is 13.4. The number of carbonyl (C=O) groups is 1. The fourth-order valence-corrected chi connectivity index (χ4v) is 3.98. The molecule has 2 aliphatic heterocycles. The highest BCUT2D eigenvalue weighted by molar-refractivity contribution is 6.05. The van der Waals surface area contributed by atoms with Crippen molar-refractivity contribution in [1.29, 1.82) is 0 Å². The molecule has 0 aliphatic carbocycles. The topological polar surface area (TPSA) is 196 Å². The van der Waals surface area contributed by atoms with Crippen molar-refractivity contribution in [3.05, 3.63) is 41.5 Å². The average molecular weight is 480 g/mol. The van der Waals surface area contributed by atoms with Gasteiger partial charge in [0, 0.05) is 12.1 Å². The zero-order valence-corrected chi connectivity index (χ0v) is 17.8. The number of fused-ring (bicyclic) bond motifs is 1. The van der Waals surface area contributed by atoms with Crippen molar-refractivity contribution in [2.24, 2.45) is 0 Å². The predicted octanol–water partition coefficient (Wildman–Crippen LogP) is -0.687. The number of methoxy groups -OCH3 is 1. The smallest absolute Gasteiger partial charge is 0.203 e. The molecule has 0 radical (unpaired) electrons. The largest absolute Gasteiger partial charge is 0.508 e. The highest BCUT2D eigenvalue weighted by atomic mass is 16.7.